The lowest BCUT2D eigenvalue weighted by Crippen LogP contribution is -2.24. The Morgan fingerprint density at radius 3 is 2.56 bits per heavy atom. The summed E-state index contributed by atoms with van der Waals surface area (Å²) in [6.07, 6.45) is 0. The first kappa shape index (κ1) is 13.0. The fourth-order valence-corrected chi connectivity index (χ4v) is 2.82. The molecule has 0 atom stereocenters. The van der Waals surface area contributed by atoms with E-state index in [9.17, 15) is 4.79 Å². The number of rotatable bonds is 4. The lowest BCUT2D eigenvalue weighted by Gasteiger charge is -2.08. The number of thioether (sulfide) groups is 1. The quantitative estimate of drug-likeness (QED) is 0.795. The first-order valence-corrected chi connectivity index (χ1v) is 6.90. The molecule has 0 aliphatic carbocycles. The van der Waals surface area contributed by atoms with Gasteiger partial charge in [-0.2, -0.15) is 0 Å². The monoisotopic (exact) mass is 263 g/mol. The van der Waals surface area contributed by atoms with E-state index in [0.717, 1.165) is 10.9 Å². The maximum atomic E-state index is 11.9. The molecule has 1 heterocycles. The molecular weight excluding hydrogens is 246 g/mol. The van der Waals surface area contributed by atoms with E-state index >= 15 is 0 Å². The van der Waals surface area contributed by atoms with Crippen LogP contribution >= 0.6 is 11.8 Å². The molecule has 0 unspecified atom stereocenters. The van der Waals surface area contributed by atoms with Gasteiger partial charge in [0, 0.05) is 18.8 Å². The van der Waals surface area contributed by atoms with Crippen LogP contribution in [0.2, 0.25) is 0 Å². The van der Waals surface area contributed by atoms with Crippen molar-refractivity contribution in [2.75, 3.05) is 0 Å². The smallest absolute Gasteiger partial charge is 0.267 e. The average molecular weight is 263 g/mol. The van der Waals surface area contributed by atoms with Crippen molar-refractivity contribution in [3.05, 3.63) is 46.4 Å². The van der Waals surface area contributed by atoms with Crippen molar-refractivity contribution in [1.82, 2.24) is 14.3 Å². The molecule has 0 saturated heterocycles. The molecule has 0 bridgehead atoms. The maximum absolute atomic E-state index is 11.9. The van der Waals surface area contributed by atoms with Gasteiger partial charge >= 0.3 is 5.69 Å². The highest BCUT2D eigenvalue weighted by Gasteiger charge is 2.14. The molecule has 4 nitrogen and oxygen atoms in total. The van der Waals surface area contributed by atoms with Crippen LogP contribution in [0.1, 0.15) is 25.5 Å². The second-order valence-corrected chi connectivity index (χ2v) is 5.37. The molecule has 0 radical (unpaired) electrons. The summed E-state index contributed by atoms with van der Waals surface area (Å²) in [5.74, 6) is 0.823. The van der Waals surface area contributed by atoms with E-state index in [1.165, 1.54) is 10.2 Å². The number of hydrogen-bond donors (Lipinski definition) is 0. The van der Waals surface area contributed by atoms with Gasteiger partial charge in [-0.3, -0.25) is 4.57 Å². The minimum absolute atomic E-state index is 0.0550. The number of hydrogen-bond acceptors (Lipinski definition) is 3. The van der Waals surface area contributed by atoms with Gasteiger partial charge in [0.25, 0.3) is 0 Å². The molecule has 96 valence electrons. The summed E-state index contributed by atoms with van der Waals surface area (Å²) >= 11 is 1.59. The van der Waals surface area contributed by atoms with E-state index in [4.69, 9.17) is 0 Å². The third kappa shape index (κ3) is 2.67. The van der Waals surface area contributed by atoms with E-state index in [0.29, 0.717) is 0 Å². The molecule has 0 aliphatic heterocycles. The zero-order chi connectivity index (χ0) is 13.1. The topological polar surface area (TPSA) is 39.8 Å². The van der Waals surface area contributed by atoms with E-state index < -0.39 is 0 Å². The van der Waals surface area contributed by atoms with Crippen molar-refractivity contribution in [2.24, 2.45) is 7.05 Å². The highest BCUT2D eigenvalue weighted by Crippen LogP contribution is 2.21. The van der Waals surface area contributed by atoms with Gasteiger partial charge in [-0.05, 0) is 19.4 Å². The molecule has 0 aliphatic rings. The Balaban J connectivity index is 2.20. The van der Waals surface area contributed by atoms with Crippen LogP contribution in [-0.2, 0) is 12.8 Å². The SMILES string of the molecule is CC(C)n1c(SCc2ccccc2)nn(C)c1=O. The number of benzene rings is 1. The van der Waals surface area contributed by atoms with Gasteiger partial charge in [0.2, 0.25) is 0 Å². The van der Waals surface area contributed by atoms with Gasteiger partial charge in [-0.1, -0.05) is 42.1 Å². The molecule has 0 amide bonds. The Hall–Kier alpha value is -1.49. The third-order valence-corrected chi connectivity index (χ3v) is 3.67. The van der Waals surface area contributed by atoms with Crippen LogP contribution in [0.15, 0.2) is 40.3 Å². The lowest BCUT2D eigenvalue weighted by molar-refractivity contribution is 0.531. The third-order valence-electron chi connectivity index (χ3n) is 2.65. The minimum atomic E-state index is -0.0550. The first-order valence-electron chi connectivity index (χ1n) is 5.92. The largest absolute Gasteiger partial charge is 0.346 e. The summed E-state index contributed by atoms with van der Waals surface area (Å²) in [6.45, 7) is 3.99. The lowest BCUT2D eigenvalue weighted by atomic mass is 10.2. The highest BCUT2D eigenvalue weighted by atomic mass is 32.2. The van der Waals surface area contributed by atoms with Crippen molar-refractivity contribution >= 4 is 11.8 Å². The number of nitrogens with zero attached hydrogens (tertiary/aromatic N) is 3. The Labute approximate surface area is 111 Å². The van der Waals surface area contributed by atoms with Crippen LogP contribution in [0.5, 0.6) is 0 Å². The standard InChI is InChI=1S/C13H17N3OS/c1-10(2)16-12(14-15(3)13(16)17)18-9-11-7-5-4-6-8-11/h4-8,10H,9H2,1-3H3. The van der Waals surface area contributed by atoms with Crippen molar-refractivity contribution in [1.29, 1.82) is 0 Å². The zero-order valence-corrected chi connectivity index (χ0v) is 11.6. The summed E-state index contributed by atoms with van der Waals surface area (Å²) in [7, 11) is 1.69. The molecule has 0 fully saturated rings. The Bertz CT molecular complexity index is 572. The van der Waals surface area contributed by atoms with Crippen LogP contribution in [0.4, 0.5) is 0 Å². The summed E-state index contributed by atoms with van der Waals surface area (Å²) < 4.78 is 3.13. The van der Waals surface area contributed by atoms with E-state index in [1.54, 1.807) is 23.4 Å². The normalized spacial score (nSPS) is 11.1. The van der Waals surface area contributed by atoms with Crippen LogP contribution in [0.25, 0.3) is 0 Å². The maximum Gasteiger partial charge on any atom is 0.346 e. The molecular formula is C13H17N3OS. The second kappa shape index (κ2) is 5.44. The van der Waals surface area contributed by atoms with Crippen molar-refractivity contribution in [3.63, 3.8) is 0 Å². The molecule has 1 aromatic heterocycles. The fraction of sp³-hybridized carbons (Fsp3) is 0.385. The van der Waals surface area contributed by atoms with Crippen LogP contribution in [0.3, 0.4) is 0 Å². The highest BCUT2D eigenvalue weighted by molar-refractivity contribution is 7.98. The van der Waals surface area contributed by atoms with Crippen molar-refractivity contribution in [3.8, 4) is 0 Å². The summed E-state index contributed by atoms with van der Waals surface area (Å²) in [4.78, 5) is 11.9. The van der Waals surface area contributed by atoms with Gasteiger partial charge in [-0.15, -0.1) is 5.10 Å². The van der Waals surface area contributed by atoms with E-state index in [-0.39, 0.29) is 11.7 Å². The molecule has 2 aromatic rings. The molecule has 2 rings (SSSR count). The Morgan fingerprint density at radius 1 is 1.28 bits per heavy atom. The van der Waals surface area contributed by atoms with E-state index in [1.807, 2.05) is 32.0 Å². The molecule has 18 heavy (non-hydrogen) atoms. The summed E-state index contributed by atoms with van der Waals surface area (Å²) in [6, 6.07) is 10.3. The van der Waals surface area contributed by atoms with Gasteiger partial charge in [0.1, 0.15) is 0 Å². The summed E-state index contributed by atoms with van der Waals surface area (Å²) in [5, 5.41) is 5.06. The van der Waals surface area contributed by atoms with Crippen LogP contribution < -0.4 is 5.69 Å². The summed E-state index contributed by atoms with van der Waals surface area (Å²) in [5.41, 5.74) is 1.18. The predicted octanol–water partition coefficient (Wildman–Crippen LogP) is 2.46. The predicted molar refractivity (Wildman–Crippen MR) is 73.9 cm³/mol. The van der Waals surface area contributed by atoms with Crippen LogP contribution in [-0.4, -0.2) is 14.3 Å². The van der Waals surface area contributed by atoms with E-state index in [2.05, 4.69) is 17.2 Å². The van der Waals surface area contributed by atoms with Gasteiger partial charge in [0.15, 0.2) is 5.16 Å². The van der Waals surface area contributed by atoms with Crippen LogP contribution in [0, 0.1) is 0 Å². The van der Waals surface area contributed by atoms with Gasteiger partial charge < -0.3 is 0 Å². The molecule has 0 N–H and O–H groups in total. The van der Waals surface area contributed by atoms with Gasteiger partial charge in [-0.25, -0.2) is 9.48 Å². The minimum Gasteiger partial charge on any atom is -0.267 e. The molecule has 0 saturated carbocycles. The second-order valence-electron chi connectivity index (χ2n) is 4.43. The Kier molecular flexibility index (Phi) is 3.91. The van der Waals surface area contributed by atoms with Crippen molar-refractivity contribution < 1.29 is 0 Å². The molecule has 0 spiro atoms. The number of aryl methyl sites for hydroxylation is 1. The molecule has 1 aromatic carbocycles. The van der Waals surface area contributed by atoms with Crippen molar-refractivity contribution in [2.45, 2.75) is 30.8 Å². The zero-order valence-electron chi connectivity index (χ0n) is 10.8. The Morgan fingerprint density at radius 2 is 1.94 bits per heavy atom. The first-order chi connectivity index (χ1) is 8.59. The molecule has 5 heteroatoms. The fourth-order valence-electron chi connectivity index (χ4n) is 1.72. The van der Waals surface area contributed by atoms with Gasteiger partial charge in [0.05, 0.1) is 0 Å². The average Bonchev–Trinajstić information content (AvgIpc) is 2.64. The number of aromatic nitrogens is 3.